The topological polar surface area (TPSA) is 33.2 Å². The predicted molar refractivity (Wildman–Crippen MR) is 65.2 cm³/mol. The minimum atomic E-state index is 0.166. The van der Waals surface area contributed by atoms with Crippen molar-refractivity contribution in [2.45, 2.75) is 33.1 Å². The molecule has 0 aromatic carbocycles. The molecule has 0 N–H and O–H groups in total. The zero-order chi connectivity index (χ0) is 12.0. The fourth-order valence-corrected chi connectivity index (χ4v) is 1.43. The van der Waals surface area contributed by atoms with Gasteiger partial charge in [-0.25, -0.2) is 0 Å². The molecule has 1 aromatic rings. The first-order valence-electron chi connectivity index (χ1n) is 5.79. The molecule has 3 nitrogen and oxygen atoms in total. The van der Waals surface area contributed by atoms with Crippen LogP contribution in [-0.2, 0) is 11.2 Å². The van der Waals surface area contributed by atoms with E-state index in [0.29, 0.717) is 6.42 Å². The van der Waals surface area contributed by atoms with Crippen molar-refractivity contribution in [3.63, 3.8) is 0 Å². The first-order chi connectivity index (χ1) is 7.63. The van der Waals surface area contributed by atoms with Gasteiger partial charge in [-0.1, -0.05) is 19.4 Å². The Hall–Kier alpha value is -1.38. The van der Waals surface area contributed by atoms with Gasteiger partial charge in [0.1, 0.15) is 0 Å². The SMILES string of the molecule is CCCCN(C)C(=O)Cc1ccc(C)nc1. The molecule has 3 heteroatoms. The number of hydrogen-bond acceptors (Lipinski definition) is 2. The average Bonchev–Trinajstić information content (AvgIpc) is 2.29. The molecule has 0 saturated heterocycles. The molecule has 0 spiro atoms. The summed E-state index contributed by atoms with van der Waals surface area (Å²) in [6, 6.07) is 3.91. The number of aryl methyl sites for hydroxylation is 1. The number of amides is 1. The molecule has 1 rings (SSSR count). The summed E-state index contributed by atoms with van der Waals surface area (Å²) in [6.45, 7) is 4.91. The van der Waals surface area contributed by atoms with Crippen LogP contribution in [0.1, 0.15) is 31.0 Å². The number of carbonyl (C=O) groups excluding carboxylic acids is 1. The molecular formula is C13H20N2O. The standard InChI is InChI=1S/C13H20N2O/c1-4-5-8-15(3)13(16)9-12-7-6-11(2)14-10-12/h6-7,10H,4-5,8-9H2,1-3H3. The smallest absolute Gasteiger partial charge is 0.226 e. The Morgan fingerprint density at radius 1 is 1.44 bits per heavy atom. The van der Waals surface area contributed by atoms with E-state index < -0.39 is 0 Å². The molecule has 0 fully saturated rings. The van der Waals surface area contributed by atoms with Gasteiger partial charge in [0.15, 0.2) is 0 Å². The van der Waals surface area contributed by atoms with E-state index >= 15 is 0 Å². The van der Waals surface area contributed by atoms with Crippen LogP contribution < -0.4 is 0 Å². The highest BCUT2D eigenvalue weighted by Crippen LogP contribution is 2.03. The Morgan fingerprint density at radius 3 is 2.75 bits per heavy atom. The van der Waals surface area contributed by atoms with E-state index in [1.807, 2.05) is 26.1 Å². The Morgan fingerprint density at radius 2 is 2.19 bits per heavy atom. The number of unbranched alkanes of at least 4 members (excludes halogenated alkanes) is 1. The van der Waals surface area contributed by atoms with Crippen LogP contribution in [0.5, 0.6) is 0 Å². The molecule has 0 radical (unpaired) electrons. The van der Waals surface area contributed by atoms with Crippen LogP contribution in [0.25, 0.3) is 0 Å². The maximum atomic E-state index is 11.8. The third kappa shape index (κ3) is 4.01. The number of rotatable bonds is 5. The van der Waals surface area contributed by atoms with Crippen molar-refractivity contribution < 1.29 is 4.79 Å². The molecule has 0 atom stereocenters. The van der Waals surface area contributed by atoms with Crippen molar-refractivity contribution in [3.8, 4) is 0 Å². The maximum absolute atomic E-state index is 11.8. The molecule has 0 aliphatic heterocycles. The zero-order valence-corrected chi connectivity index (χ0v) is 10.4. The van der Waals surface area contributed by atoms with Crippen LogP contribution in [0.4, 0.5) is 0 Å². The van der Waals surface area contributed by atoms with Crippen LogP contribution in [0.3, 0.4) is 0 Å². The minimum Gasteiger partial charge on any atom is -0.345 e. The molecule has 0 saturated carbocycles. The lowest BCUT2D eigenvalue weighted by Gasteiger charge is -2.16. The fourth-order valence-electron chi connectivity index (χ4n) is 1.43. The van der Waals surface area contributed by atoms with Gasteiger partial charge in [0.25, 0.3) is 0 Å². The molecule has 16 heavy (non-hydrogen) atoms. The molecule has 1 aromatic heterocycles. The van der Waals surface area contributed by atoms with E-state index in [9.17, 15) is 4.79 Å². The van der Waals surface area contributed by atoms with E-state index in [1.165, 1.54) is 0 Å². The average molecular weight is 220 g/mol. The number of hydrogen-bond donors (Lipinski definition) is 0. The van der Waals surface area contributed by atoms with Gasteiger partial charge in [-0.15, -0.1) is 0 Å². The Kier molecular flexibility index (Phi) is 4.96. The summed E-state index contributed by atoms with van der Waals surface area (Å²) in [7, 11) is 1.86. The van der Waals surface area contributed by atoms with E-state index in [2.05, 4.69) is 11.9 Å². The van der Waals surface area contributed by atoms with Crippen molar-refractivity contribution in [1.82, 2.24) is 9.88 Å². The summed E-state index contributed by atoms with van der Waals surface area (Å²) in [5.41, 5.74) is 1.97. The molecule has 0 aliphatic rings. The first-order valence-corrected chi connectivity index (χ1v) is 5.79. The minimum absolute atomic E-state index is 0.166. The van der Waals surface area contributed by atoms with Gasteiger partial charge in [-0.05, 0) is 25.0 Å². The van der Waals surface area contributed by atoms with Crippen LogP contribution >= 0.6 is 0 Å². The third-order valence-electron chi connectivity index (χ3n) is 2.60. The van der Waals surface area contributed by atoms with Gasteiger partial charge in [0, 0.05) is 25.5 Å². The summed E-state index contributed by atoms with van der Waals surface area (Å²) in [5.74, 6) is 0.166. The lowest BCUT2D eigenvalue weighted by molar-refractivity contribution is -0.129. The first kappa shape index (κ1) is 12.7. The van der Waals surface area contributed by atoms with Crippen LogP contribution in [0.15, 0.2) is 18.3 Å². The predicted octanol–water partition coefficient (Wildman–Crippen LogP) is 2.19. The van der Waals surface area contributed by atoms with Crippen molar-refractivity contribution in [1.29, 1.82) is 0 Å². The van der Waals surface area contributed by atoms with Gasteiger partial charge < -0.3 is 4.90 Å². The fraction of sp³-hybridized carbons (Fsp3) is 0.538. The van der Waals surface area contributed by atoms with E-state index in [0.717, 1.165) is 30.6 Å². The lowest BCUT2D eigenvalue weighted by Crippen LogP contribution is -2.29. The summed E-state index contributed by atoms with van der Waals surface area (Å²) in [4.78, 5) is 17.8. The van der Waals surface area contributed by atoms with Crippen molar-refractivity contribution in [2.24, 2.45) is 0 Å². The van der Waals surface area contributed by atoms with Gasteiger partial charge in [-0.2, -0.15) is 0 Å². The molecule has 0 unspecified atom stereocenters. The highest BCUT2D eigenvalue weighted by atomic mass is 16.2. The Labute approximate surface area is 97.5 Å². The summed E-state index contributed by atoms with van der Waals surface area (Å²) >= 11 is 0. The number of carbonyl (C=O) groups is 1. The molecule has 0 aliphatic carbocycles. The summed E-state index contributed by atoms with van der Waals surface area (Å²) in [6.07, 6.45) is 4.41. The third-order valence-corrected chi connectivity index (χ3v) is 2.60. The van der Waals surface area contributed by atoms with Crippen molar-refractivity contribution >= 4 is 5.91 Å². The van der Waals surface area contributed by atoms with Gasteiger partial charge in [0.2, 0.25) is 5.91 Å². The number of likely N-dealkylation sites (N-methyl/N-ethyl adjacent to an activating group) is 1. The Balaban J connectivity index is 2.47. The summed E-state index contributed by atoms with van der Waals surface area (Å²) < 4.78 is 0. The van der Waals surface area contributed by atoms with E-state index in [4.69, 9.17) is 0 Å². The zero-order valence-electron chi connectivity index (χ0n) is 10.4. The molecular weight excluding hydrogens is 200 g/mol. The molecule has 0 bridgehead atoms. The van der Waals surface area contributed by atoms with Gasteiger partial charge >= 0.3 is 0 Å². The van der Waals surface area contributed by atoms with Crippen molar-refractivity contribution in [2.75, 3.05) is 13.6 Å². The van der Waals surface area contributed by atoms with Gasteiger partial charge in [-0.3, -0.25) is 9.78 Å². The number of aromatic nitrogens is 1. The molecule has 88 valence electrons. The largest absolute Gasteiger partial charge is 0.345 e. The van der Waals surface area contributed by atoms with E-state index in [1.54, 1.807) is 11.1 Å². The second kappa shape index (κ2) is 6.26. The van der Waals surface area contributed by atoms with Crippen LogP contribution in [-0.4, -0.2) is 29.4 Å². The van der Waals surface area contributed by atoms with Crippen LogP contribution in [0.2, 0.25) is 0 Å². The second-order valence-electron chi connectivity index (χ2n) is 4.15. The highest BCUT2D eigenvalue weighted by Gasteiger charge is 2.08. The quantitative estimate of drug-likeness (QED) is 0.762. The Bertz CT molecular complexity index is 332. The molecule has 1 heterocycles. The number of pyridine rings is 1. The number of nitrogens with zero attached hydrogens (tertiary/aromatic N) is 2. The second-order valence-corrected chi connectivity index (χ2v) is 4.15. The maximum Gasteiger partial charge on any atom is 0.226 e. The lowest BCUT2D eigenvalue weighted by atomic mass is 10.2. The monoisotopic (exact) mass is 220 g/mol. The summed E-state index contributed by atoms with van der Waals surface area (Å²) in [5, 5.41) is 0. The van der Waals surface area contributed by atoms with Crippen LogP contribution in [0, 0.1) is 6.92 Å². The molecule has 1 amide bonds. The van der Waals surface area contributed by atoms with Crippen molar-refractivity contribution in [3.05, 3.63) is 29.6 Å². The normalized spacial score (nSPS) is 10.2. The van der Waals surface area contributed by atoms with Gasteiger partial charge in [0.05, 0.1) is 6.42 Å². The van der Waals surface area contributed by atoms with E-state index in [-0.39, 0.29) is 5.91 Å². The highest BCUT2D eigenvalue weighted by molar-refractivity contribution is 5.78.